The number of pyridine rings is 1. The summed E-state index contributed by atoms with van der Waals surface area (Å²) in [6, 6.07) is 11.0. The molecule has 0 amide bonds. The quantitative estimate of drug-likeness (QED) is 0.849. The van der Waals surface area contributed by atoms with Crippen molar-refractivity contribution < 1.29 is 0 Å². The molecule has 2 aromatic rings. The van der Waals surface area contributed by atoms with Gasteiger partial charge in [-0.2, -0.15) is 0 Å². The maximum atomic E-state index is 4.72. The summed E-state index contributed by atoms with van der Waals surface area (Å²) in [5.74, 6) is 0. The van der Waals surface area contributed by atoms with E-state index in [4.69, 9.17) is 4.98 Å². The highest BCUT2D eigenvalue weighted by molar-refractivity contribution is 5.79. The predicted octanol–water partition coefficient (Wildman–Crippen LogP) is 2.69. The van der Waals surface area contributed by atoms with Gasteiger partial charge in [0, 0.05) is 23.5 Å². The first-order valence-electron chi connectivity index (χ1n) is 5.73. The van der Waals surface area contributed by atoms with Gasteiger partial charge in [-0.1, -0.05) is 18.2 Å². The molecule has 0 radical (unpaired) electrons. The Bertz CT molecular complexity index is 491. The SMILES string of the molecule is CNC(C)Cc1nc2ccccc2cc1C. The van der Waals surface area contributed by atoms with Gasteiger partial charge in [0.05, 0.1) is 5.52 Å². The van der Waals surface area contributed by atoms with Gasteiger partial charge in [-0.25, -0.2) is 0 Å². The average molecular weight is 214 g/mol. The molecular formula is C14H18N2. The highest BCUT2D eigenvalue weighted by Gasteiger charge is 2.06. The second kappa shape index (κ2) is 4.62. The first kappa shape index (κ1) is 11.1. The summed E-state index contributed by atoms with van der Waals surface area (Å²) in [7, 11) is 1.99. The van der Waals surface area contributed by atoms with Crippen LogP contribution in [0.5, 0.6) is 0 Å². The predicted molar refractivity (Wildman–Crippen MR) is 68.7 cm³/mol. The monoisotopic (exact) mass is 214 g/mol. The molecule has 2 heteroatoms. The maximum absolute atomic E-state index is 4.72. The number of likely N-dealkylation sites (N-methyl/N-ethyl adjacent to an activating group) is 1. The fourth-order valence-electron chi connectivity index (χ4n) is 1.86. The highest BCUT2D eigenvalue weighted by Crippen LogP contribution is 2.16. The van der Waals surface area contributed by atoms with E-state index in [1.54, 1.807) is 0 Å². The van der Waals surface area contributed by atoms with Crippen LogP contribution >= 0.6 is 0 Å². The first-order valence-corrected chi connectivity index (χ1v) is 5.73. The van der Waals surface area contributed by atoms with E-state index in [0.29, 0.717) is 6.04 Å². The van der Waals surface area contributed by atoms with E-state index in [-0.39, 0.29) is 0 Å². The van der Waals surface area contributed by atoms with Gasteiger partial charge in [0.25, 0.3) is 0 Å². The first-order chi connectivity index (χ1) is 7.70. The normalized spacial score (nSPS) is 12.9. The Morgan fingerprint density at radius 1 is 1.31 bits per heavy atom. The molecule has 0 aliphatic heterocycles. The van der Waals surface area contributed by atoms with E-state index >= 15 is 0 Å². The molecule has 1 N–H and O–H groups in total. The second-order valence-corrected chi connectivity index (χ2v) is 4.34. The zero-order valence-electron chi connectivity index (χ0n) is 10.1. The molecule has 0 spiro atoms. The number of hydrogen-bond donors (Lipinski definition) is 1. The maximum Gasteiger partial charge on any atom is 0.0705 e. The largest absolute Gasteiger partial charge is 0.317 e. The highest BCUT2D eigenvalue weighted by atomic mass is 14.9. The number of nitrogens with zero attached hydrogens (tertiary/aromatic N) is 1. The standard InChI is InChI=1S/C14H18N2/c1-10-8-12-6-4-5-7-13(12)16-14(10)9-11(2)15-3/h4-8,11,15H,9H2,1-3H3. The Balaban J connectivity index is 2.42. The van der Waals surface area contributed by atoms with E-state index in [2.05, 4.69) is 43.4 Å². The number of hydrogen-bond acceptors (Lipinski definition) is 2. The molecule has 1 atom stereocenters. The number of nitrogens with one attached hydrogen (secondary N) is 1. The van der Waals surface area contributed by atoms with Crippen LogP contribution in [0.2, 0.25) is 0 Å². The van der Waals surface area contributed by atoms with Crippen molar-refractivity contribution >= 4 is 10.9 Å². The Hall–Kier alpha value is -1.41. The number of benzene rings is 1. The summed E-state index contributed by atoms with van der Waals surface area (Å²) in [5.41, 5.74) is 3.56. The molecule has 84 valence electrons. The molecule has 2 rings (SSSR count). The Kier molecular flexibility index (Phi) is 3.20. The van der Waals surface area contributed by atoms with Gasteiger partial charge in [0.15, 0.2) is 0 Å². The number of fused-ring (bicyclic) bond motifs is 1. The minimum Gasteiger partial charge on any atom is -0.317 e. The lowest BCUT2D eigenvalue weighted by molar-refractivity contribution is 0.600. The number of aromatic nitrogens is 1. The minimum absolute atomic E-state index is 0.465. The van der Waals surface area contributed by atoms with E-state index in [0.717, 1.165) is 11.9 Å². The van der Waals surface area contributed by atoms with Crippen molar-refractivity contribution in [2.24, 2.45) is 0 Å². The fourth-order valence-corrected chi connectivity index (χ4v) is 1.86. The molecule has 0 saturated heterocycles. The molecule has 1 unspecified atom stereocenters. The van der Waals surface area contributed by atoms with Crippen molar-refractivity contribution in [2.45, 2.75) is 26.3 Å². The van der Waals surface area contributed by atoms with Crippen LogP contribution in [0, 0.1) is 6.92 Å². The van der Waals surface area contributed by atoms with Crippen LogP contribution in [0.25, 0.3) is 10.9 Å². The molecule has 2 nitrogen and oxygen atoms in total. The van der Waals surface area contributed by atoms with Crippen LogP contribution in [-0.2, 0) is 6.42 Å². The van der Waals surface area contributed by atoms with Crippen LogP contribution in [-0.4, -0.2) is 18.1 Å². The molecule has 16 heavy (non-hydrogen) atoms. The van der Waals surface area contributed by atoms with Gasteiger partial charge in [-0.15, -0.1) is 0 Å². The lowest BCUT2D eigenvalue weighted by Gasteiger charge is -2.12. The molecule has 0 fully saturated rings. The Labute approximate surface area is 96.7 Å². The molecule has 1 aromatic carbocycles. The van der Waals surface area contributed by atoms with Gasteiger partial charge >= 0.3 is 0 Å². The summed E-state index contributed by atoms with van der Waals surface area (Å²) in [6.45, 7) is 4.31. The summed E-state index contributed by atoms with van der Waals surface area (Å²) in [5, 5.41) is 4.47. The van der Waals surface area contributed by atoms with Crippen molar-refractivity contribution in [2.75, 3.05) is 7.05 Å². The van der Waals surface area contributed by atoms with Crippen molar-refractivity contribution in [3.63, 3.8) is 0 Å². The summed E-state index contributed by atoms with van der Waals surface area (Å²) in [6.07, 6.45) is 0.979. The zero-order valence-corrected chi connectivity index (χ0v) is 10.1. The van der Waals surface area contributed by atoms with E-state index in [1.165, 1.54) is 16.6 Å². The number of rotatable bonds is 3. The minimum atomic E-state index is 0.465. The van der Waals surface area contributed by atoms with Gasteiger partial charge in [0.2, 0.25) is 0 Å². The topological polar surface area (TPSA) is 24.9 Å². The number of aryl methyl sites for hydroxylation is 1. The van der Waals surface area contributed by atoms with Gasteiger partial charge in [0.1, 0.15) is 0 Å². The smallest absolute Gasteiger partial charge is 0.0705 e. The molecule has 0 bridgehead atoms. The van der Waals surface area contributed by atoms with Crippen molar-refractivity contribution in [3.8, 4) is 0 Å². The molecule has 0 saturated carbocycles. The van der Waals surface area contributed by atoms with Gasteiger partial charge < -0.3 is 5.32 Å². The molecular weight excluding hydrogens is 196 g/mol. The van der Waals surface area contributed by atoms with Gasteiger partial charge in [-0.05, 0) is 38.6 Å². The molecule has 0 aliphatic rings. The molecule has 0 aliphatic carbocycles. The summed E-state index contributed by atoms with van der Waals surface area (Å²) in [4.78, 5) is 4.72. The van der Waals surface area contributed by atoms with Crippen LogP contribution in [0.3, 0.4) is 0 Å². The molecule has 1 heterocycles. The number of para-hydroxylation sites is 1. The Morgan fingerprint density at radius 3 is 2.81 bits per heavy atom. The second-order valence-electron chi connectivity index (χ2n) is 4.34. The third kappa shape index (κ3) is 2.22. The average Bonchev–Trinajstić information content (AvgIpc) is 2.30. The molecule has 1 aromatic heterocycles. The zero-order chi connectivity index (χ0) is 11.5. The van der Waals surface area contributed by atoms with E-state index in [1.807, 2.05) is 13.1 Å². The summed E-state index contributed by atoms with van der Waals surface area (Å²) < 4.78 is 0. The van der Waals surface area contributed by atoms with Gasteiger partial charge in [-0.3, -0.25) is 4.98 Å². The lowest BCUT2D eigenvalue weighted by Crippen LogP contribution is -2.24. The Morgan fingerprint density at radius 2 is 2.06 bits per heavy atom. The third-order valence-corrected chi connectivity index (χ3v) is 3.01. The van der Waals surface area contributed by atoms with Crippen molar-refractivity contribution in [3.05, 3.63) is 41.6 Å². The third-order valence-electron chi connectivity index (χ3n) is 3.01. The van der Waals surface area contributed by atoms with E-state index in [9.17, 15) is 0 Å². The fraction of sp³-hybridized carbons (Fsp3) is 0.357. The van der Waals surface area contributed by atoms with Crippen LogP contribution in [0.4, 0.5) is 0 Å². The van der Waals surface area contributed by atoms with Crippen LogP contribution in [0.15, 0.2) is 30.3 Å². The van der Waals surface area contributed by atoms with Crippen LogP contribution < -0.4 is 5.32 Å². The van der Waals surface area contributed by atoms with Crippen molar-refractivity contribution in [1.82, 2.24) is 10.3 Å². The van der Waals surface area contributed by atoms with Crippen LogP contribution in [0.1, 0.15) is 18.2 Å². The van der Waals surface area contributed by atoms with Crippen molar-refractivity contribution in [1.29, 1.82) is 0 Å². The van der Waals surface area contributed by atoms with E-state index < -0.39 is 0 Å². The lowest BCUT2D eigenvalue weighted by atomic mass is 10.1. The summed E-state index contributed by atoms with van der Waals surface area (Å²) >= 11 is 0.